The van der Waals surface area contributed by atoms with Crippen LogP contribution in [0, 0.1) is 80.4 Å². The van der Waals surface area contributed by atoms with Gasteiger partial charge in [-0.2, -0.15) is 36.0 Å². The minimum atomic E-state index is -1.17. The Bertz CT molecular complexity index is 5590. The summed E-state index contributed by atoms with van der Waals surface area (Å²) in [5.74, 6) is -5.21. The van der Waals surface area contributed by atoms with Crippen molar-refractivity contribution < 1.29 is 27.2 Å². The number of fused-ring (bicyclic) bond motifs is 16. The zero-order valence-corrected chi connectivity index (χ0v) is 89.2. The van der Waals surface area contributed by atoms with Gasteiger partial charge in [-0.05, 0) is 128 Å². The molecule has 3 aromatic carbocycles. The fourth-order valence-electron chi connectivity index (χ4n) is 22.4. The zero-order chi connectivity index (χ0) is 98.2. The maximum Gasteiger partial charge on any atom is 0.194 e. The lowest BCUT2D eigenvalue weighted by molar-refractivity contribution is 0.103. The van der Waals surface area contributed by atoms with Gasteiger partial charge >= 0.3 is 0 Å². The Hall–Kier alpha value is -8.04. The zero-order valence-electron chi connectivity index (χ0n) is 86.0. The number of benzene rings is 3. The van der Waals surface area contributed by atoms with Crippen molar-refractivity contribution in [3.63, 3.8) is 0 Å². The van der Waals surface area contributed by atoms with Crippen LogP contribution in [0.2, 0.25) is 0 Å². The summed E-state index contributed by atoms with van der Waals surface area (Å²) in [6.07, 6.45) is 78.3. The number of hydrogen-bond donors (Lipinski definition) is 0. The Balaban J connectivity index is 1.18. The van der Waals surface area contributed by atoms with Gasteiger partial charge in [0.15, 0.2) is 34.8 Å². The first-order valence-corrected chi connectivity index (χ1v) is 59.2. The Morgan fingerprint density at radius 2 is 0.568 bits per heavy atom. The normalized spacial score (nSPS) is 13.9. The van der Waals surface area contributed by atoms with Crippen LogP contribution < -0.4 is 0 Å². The summed E-state index contributed by atoms with van der Waals surface area (Å²) in [5, 5.41) is 57.4. The monoisotopic (exact) mass is 1970 g/mol. The number of thiophene rings is 4. The van der Waals surface area contributed by atoms with Crippen LogP contribution in [-0.2, 0) is 32.5 Å². The molecule has 0 aliphatic heterocycles. The third kappa shape index (κ3) is 28.8. The molecule has 2 atom stereocenters. The van der Waals surface area contributed by atoms with Crippen molar-refractivity contribution in [3.8, 4) is 24.3 Å². The van der Waals surface area contributed by atoms with Gasteiger partial charge in [-0.15, -0.1) is 45.3 Å². The van der Waals surface area contributed by atoms with E-state index in [9.17, 15) is 21.0 Å². The molecule has 0 fully saturated rings. The standard InChI is InChI=1S/C120H163F4N9O2S4/c1-8-15-22-29-35-41-45-49-55-61-68-85(66-59-53-47-39-33-26-19-12-5)83-131-109-105(117-111(131)119-115(138-117)89(70-63-57-51-43-37-31-24-17-10-3)101(136-119)77-95-103(87(79-125)80-126)91-73-97(121)99(123)75-93(91)113(95)134)107-108(130-133(129-107)72-65-28-21-14-7)106-110(109)132(84-86(67-60-54-48-40-34-27-20-13-6)69-62-56-50-46-42-36-30-23-16-9-2)112-118(106)139-116-90(71-64-58-52-44-38-32-25-18-11-4)102(137-120(112)116)78-96-104(88(81-127)82-128)92-74-98(122)100(124)76-94(92)114(96)135/h73-78,85-86H,8-72,83-84H2,1-7H3/b95-77-,96-78-. The highest BCUT2D eigenvalue weighted by Gasteiger charge is 2.39. The molecule has 752 valence electrons. The molecule has 0 saturated heterocycles. The number of Topliss-reactive ketones (excluding diaryl/α,β-unsaturated/α-hetero) is 2. The maximum atomic E-state index is 15.8. The minimum Gasteiger partial charge on any atom is -0.337 e. The van der Waals surface area contributed by atoms with Crippen LogP contribution in [-0.4, -0.2) is 35.7 Å². The quantitative estimate of drug-likeness (QED) is 0.0157. The van der Waals surface area contributed by atoms with Crippen LogP contribution >= 0.6 is 45.3 Å². The molecule has 7 heterocycles. The molecule has 2 aliphatic rings. The van der Waals surface area contributed by atoms with E-state index in [4.69, 9.17) is 10.2 Å². The predicted octanol–water partition coefficient (Wildman–Crippen LogP) is 39.6. The van der Waals surface area contributed by atoms with Gasteiger partial charge in [0.25, 0.3) is 0 Å². The summed E-state index contributed by atoms with van der Waals surface area (Å²) in [7, 11) is 0. The number of hydrogen-bond acceptors (Lipinski definition) is 12. The molecule has 19 heteroatoms. The Labute approximate surface area is 846 Å². The lowest BCUT2D eigenvalue weighted by Crippen LogP contribution is -2.14. The summed E-state index contributed by atoms with van der Waals surface area (Å²) < 4.78 is 75.2. The lowest BCUT2D eigenvalue weighted by Gasteiger charge is -2.22. The summed E-state index contributed by atoms with van der Waals surface area (Å²) in [5.41, 5.74) is 8.04. The van der Waals surface area contributed by atoms with Crippen LogP contribution in [0.15, 0.2) is 46.6 Å². The number of nitrogens with zero attached hydrogens (tertiary/aromatic N) is 9. The number of aromatic nitrogens is 5. The van der Waals surface area contributed by atoms with Crippen LogP contribution in [0.3, 0.4) is 0 Å². The molecule has 11 nitrogen and oxygen atoms in total. The van der Waals surface area contributed by atoms with E-state index >= 15 is 27.2 Å². The highest BCUT2D eigenvalue weighted by molar-refractivity contribution is 7.34. The number of halogens is 4. The number of rotatable bonds is 71. The predicted molar refractivity (Wildman–Crippen MR) is 584 cm³/mol. The van der Waals surface area contributed by atoms with Crippen molar-refractivity contribution >= 4 is 152 Å². The first-order valence-electron chi connectivity index (χ1n) is 56.0. The Morgan fingerprint density at radius 3 is 0.842 bits per heavy atom. The summed E-state index contributed by atoms with van der Waals surface area (Å²) in [6.45, 7) is 18.1. The van der Waals surface area contributed by atoms with E-state index in [1.54, 1.807) is 22.7 Å². The van der Waals surface area contributed by atoms with Crippen molar-refractivity contribution in [2.45, 2.75) is 479 Å². The van der Waals surface area contributed by atoms with E-state index in [1.165, 1.54) is 270 Å². The summed E-state index contributed by atoms with van der Waals surface area (Å²) in [6, 6.07) is 12.1. The molecule has 0 N–H and O–H groups in total. The van der Waals surface area contributed by atoms with Gasteiger partial charge in [-0.1, -0.05) is 402 Å². The molecule has 0 radical (unpaired) electrons. The summed E-state index contributed by atoms with van der Waals surface area (Å²) in [4.78, 5) is 34.4. The van der Waals surface area contributed by atoms with Crippen molar-refractivity contribution in [1.82, 2.24) is 24.1 Å². The van der Waals surface area contributed by atoms with E-state index in [-0.39, 0.29) is 67.5 Å². The van der Waals surface area contributed by atoms with Crippen molar-refractivity contribution in [1.29, 1.82) is 21.0 Å². The van der Waals surface area contributed by atoms with Gasteiger partial charge in [0, 0.05) is 67.0 Å². The second-order valence-corrected chi connectivity index (χ2v) is 45.3. The van der Waals surface area contributed by atoms with Gasteiger partial charge in [-0.3, -0.25) is 9.59 Å². The highest BCUT2D eigenvalue weighted by atomic mass is 32.1. The second-order valence-electron chi connectivity index (χ2n) is 41.2. The number of allylic oxidation sites excluding steroid dienone is 6. The van der Waals surface area contributed by atoms with Gasteiger partial charge in [0.2, 0.25) is 0 Å². The van der Waals surface area contributed by atoms with Crippen molar-refractivity contribution in [2.24, 2.45) is 11.8 Å². The first-order chi connectivity index (χ1) is 68.2. The SMILES string of the molecule is CCCCCCCCCCCCC(CCCCCCCCCC)Cn1c2c3sc(/C=C4\C(=O)c5cc(F)c(F)cc5C4=C(C#N)C#N)c(CCCCCCCCCCC)c3sc2c2c3nn(CCCCCC)nc3c3c4sc5c(CCCCCCCCCCC)c(/C=C6\C(=O)c7cc(F)c(F)cc7C6=C(C#N)C#N)sc5c4n(CC(CCCCCCCCCC)CCCCCCCCCCCC)c3c21. The number of nitriles is 4. The van der Waals surface area contributed by atoms with Gasteiger partial charge in [0.1, 0.15) is 46.5 Å². The average Bonchev–Trinajstić information content (AvgIpc) is 1.50. The van der Waals surface area contributed by atoms with Gasteiger partial charge < -0.3 is 9.13 Å². The molecule has 2 aliphatic carbocycles. The van der Waals surface area contributed by atoms with Crippen LogP contribution in [0.4, 0.5) is 17.6 Å². The molecular formula is C120H163F4N9O2S4. The Kier molecular flexibility index (Phi) is 46.3. The molecular weight excluding hydrogens is 1800 g/mol. The second kappa shape index (κ2) is 58.7. The molecule has 2 unspecified atom stereocenters. The Morgan fingerprint density at radius 1 is 0.317 bits per heavy atom. The fourth-order valence-corrected chi connectivity index (χ4v) is 28.3. The molecule has 0 bridgehead atoms. The molecule has 7 aromatic heterocycles. The van der Waals surface area contributed by atoms with Crippen molar-refractivity contribution in [2.75, 3.05) is 0 Å². The number of ketones is 2. The third-order valence-corrected chi connectivity index (χ3v) is 35.4. The van der Waals surface area contributed by atoms with Gasteiger partial charge in [0.05, 0.1) is 56.8 Å². The molecule has 0 amide bonds. The smallest absolute Gasteiger partial charge is 0.194 e. The van der Waals surface area contributed by atoms with E-state index < -0.39 is 34.8 Å². The number of carbonyl (C=O) groups is 2. The van der Waals surface area contributed by atoms with Crippen LogP contribution in [0.5, 0.6) is 0 Å². The van der Waals surface area contributed by atoms with E-state index in [0.29, 0.717) is 19.4 Å². The number of aryl methyl sites for hydroxylation is 3. The van der Waals surface area contributed by atoms with E-state index in [2.05, 4.69) is 81.9 Å². The molecule has 0 spiro atoms. The highest BCUT2D eigenvalue weighted by Crippen LogP contribution is 2.57. The van der Waals surface area contributed by atoms with E-state index in [1.807, 2.05) is 39.6 Å². The average molecular weight is 1970 g/mol. The molecule has 139 heavy (non-hydrogen) atoms. The minimum absolute atomic E-state index is 0.0285. The summed E-state index contributed by atoms with van der Waals surface area (Å²) >= 11 is 7.00. The number of unbranched alkanes of at least 4 members (excludes halogenated alkanes) is 51. The third-order valence-electron chi connectivity index (χ3n) is 30.3. The number of carbonyl (C=O) groups excluding carboxylic acids is 2. The van der Waals surface area contributed by atoms with E-state index in [0.717, 1.165) is 259 Å². The topological polar surface area (TPSA) is 170 Å². The van der Waals surface area contributed by atoms with Gasteiger partial charge in [-0.25, -0.2) is 17.6 Å². The lowest BCUT2D eigenvalue weighted by atomic mass is 9.93. The van der Waals surface area contributed by atoms with Crippen LogP contribution in [0.1, 0.15) is 499 Å². The molecule has 12 rings (SSSR count). The van der Waals surface area contributed by atoms with Crippen LogP contribution in [0.25, 0.3) is 95.4 Å². The maximum absolute atomic E-state index is 15.8. The van der Waals surface area contributed by atoms with Crippen molar-refractivity contribution in [3.05, 3.63) is 113 Å². The largest absolute Gasteiger partial charge is 0.337 e. The fraction of sp³-hybridized carbons (Fsp3) is 0.633. The molecule has 0 saturated carbocycles. The first kappa shape index (κ1) is 110. The molecule has 10 aromatic rings.